The minimum atomic E-state index is 0.665. The smallest absolute Gasteiger partial charge is 0.191 e. The van der Waals surface area contributed by atoms with Gasteiger partial charge in [0.05, 0.1) is 19.1 Å². The lowest BCUT2D eigenvalue weighted by molar-refractivity contribution is 0.354. The molecule has 2 heterocycles. The van der Waals surface area contributed by atoms with Gasteiger partial charge in [-0.1, -0.05) is 12.1 Å². The van der Waals surface area contributed by atoms with Crippen LogP contribution in [-0.4, -0.2) is 29.4 Å². The molecule has 3 rings (SSSR count). The topological polar surface area (TPSA) is 60.0 Å². The summed E-state index contributed by atoms with van der Waals surface area (Å²) in [5.74, 6) is 3.00. The summed E-state index contributed by atoms with van der Waals surface area (Å²) in [7, 11) is 3.26. The Labute approximate surface area is 126 Å². The molecule has 6 heteroatoms. The SMILES string of the molecule is COc1ccc(Cc2nc(-c3cccs3)n[nH]2)cc1OC. The summed E-state index contributed by atoms with van der Waals surface area (Å²) < 4.78 is 10.5. The molecule has 0 spiro atoms. The predicted molar refractivity (Wildman–Crippen MR) is 82.0 cm³/mol. The van der Waals surface area contributed by atoms with Gasteiger partial charge in [-0.25, -0.2) is 4.98 Å². The molecule has 0 bridgehead atoms. The fourth-order valence-electron chi connectivity index (χ4n) is 2.07. The lowest BCUT2D eigenvalue weighted by Gasteiger charge is -2.08. The first-order valence-electron chi connectivity index (χ1n) is 6.46. The number of H-pyrrole nitrogens is 1. The number of ether oxygens (including phenoxy) is 2. The number of thiophene rings is 1. The molecule has 3 aromatic rings. The average molecular weight is 301 g/mol. The van der Waals surface area contributed by atoms with Gasteiger partial charge in [-0.05, 0) is 29.1 Å². The van der Waals surface area contributed by atoms with E-state index in [0.29, 0.717) is 12.2 Å². The summed E-state index contributed by atoms with van der Waals surface area (Å²) in [5.41, 5.74) is 1.08. The van der Waals surface area contributed by atoms with E-state index >= 15 is 0 Å². The second-order valence-electron chi connectivity index (χ2n) is 4.45. The molecule has 0 fully saturated rings. The lowest BCUT2D eigenvalue weighted by Crippen LogP contribution is -1.95. The fourth-order valence-corrected chi connectivity index (χ4v) is 2.73. The zero-order chi connectivity index (χ0) is 14.7. The third kappa shape index (κ3) is 2.90. The summed E-state index contributed by atoms with van der Waals surface area (Å²) in [6, 6.07) is 9.84. The first-order valence-corrected chi connectivity index (χ1v) is 7.34. The molecule has 5 nitrogen and oxygen atoms in total. The predicted octanol–water partition coefficient (Wildman–Crippen LogP) is 3.14. The third-order valence-electron chi connectivity index (χ3n) is 3.09. The second kappa shape index (κ2) is 5.97. The van der Waals surface area contributed by atoms with Gasteiger partial charge < -0.3 is 9.47 Å². The second-order valence-corrected chi connectivity index (χ2v) is 5.40. The van der Waals surface area contributed by atoms with Crippen molar-refractivity contribution in [2.75, 3.05) is 14.2 Å². The molecule has 0 atom stereocenters. The van der Waals surface area contributed by atoms with E-state index in [9.17, 15) is 0 Å². The molecule has 21 heavy (non-hydrogen) atoms. The van der Waals surface area contributed by atoms with Gasteiger partial charge in [0.1, 0.15) is 5.82 Å². The first-order chi connectivity index (χ1) is 10.3. The minimum absolute atomic E-state index is 0.665. The normalized spacial score (nSPS) is 10.6. The number of nitrogens with one attached hydrogen (secondary N) is 1. The lowest BCUT2D eigenvalue weighted by atomic mass is 10.1. The van der Waals surface area contributed by atoms with E-state index in [0.717, 1.165) is 27.8 Å². The molecule has 108 valence electrons. The van der Waals surface area contributed by atoms with Gasteiger partial charge in [0.15, 0.2) is 17.3 Å². The molecule has 2 aromatic heterocycles. The third-order valence-corrected chi connectivity index (χ3v) is 3.96. The fraction of sp³-hybridized carbons (Fsp3) is 0.200. The van der Waals surface area contributed by atoms with Gasteiger partial charge in [0, 0.05) is 6.42 Å². The van der Waals surface area contributed by atoms with Crippen molar-refractivity contribution in [2.45, 2.75) is 6.42 Å². The Balaban J connectivity index is 1.81. The maximum atomic E-state index is 5.31. The van der Waals surface area contributed by atoms with Crippen molar-refractivity contribution in [1.82, 2.24) is 15.2 Å². The van der Waals surface area contributed by atoms with E-state index < -0.39 is 0 Å². The van der Waals surface area contributed by atoms with Crippen molar-refractivity contribution in [3.8, 4) is 22.2 Å². The van der Waals surface area contributed by atoms with Crippen LogP contribution in [0.15, 0.2) is 35.7 Å². The van der Waals surface area contributed by atoms with Crippen molar-refractivity contribution < 1.29 is 9.47 Å². The molecule has 0 saturated carbocycles. The number of aromatic amines is 1. The van der Waals surface area contributed by atoms with Crippen molar-refractivity contribution in [2.24, 2.45) is 0 Å². The summed E-state index contributed by atoms with van der Waals surface area (Å²) in [5, 5.41) is 9.25. The molecular formula is C15H15N3O2S. The maximum absolute atomic E-state index is 5.31. The molecule has 0 saturated heterocycles. The number of hydrogen-bond donors (Lipinski definition) is 1. The van der Waals surface area contributed by atoms with Crippen LogP contribution >= 0.6 is 11.3 Å². The van der Waals surface area contributed by atoms with Crippen molar-refractivity contribution in [3.63, 3.8) is 0 Å². The molecule has 1 aromatic carbocycles. The van der Waals surface area contributed by atoms with Crippen LogP contribution in [0.4, 0.5) is 0 Å². The monoisotopic (exact) mass is 301 g/mol. The van der Waals surface area contributed by atoms with Crippen molar-refractivity contribution in [3.05, 3.63) is 47.1 Å². The number of hydrogen-bond acceptors (Lipinski definition) is 5. The highest BCUT2D eigenvalue weighted by Gasteiger charge is 2.09. The molecule has 0 aliphatic carbocycles. The van der Waals surface area contributed by atoms with Gasteiger partial charge in [-0.3, -0.25) is 5.10 Å². The molecule has 1 N–H and O–H groups in total. The van der Waals surface area contributed by atoms with E-state index in [2.05, 4.69) is 15.2 Å². The van der Waals surface area contributed by atoms with Crippen LogP contribution in [0.5, 0.6) is 11.5 Å². The van der Waals surface area contributed by atoms with Gasteiger partial charge in [0.2, 0.25) is 0 Å². The van der Waals surface area contributed by atoms with Gasteiger partial charge in [-0.2, -0.15) is 5.10 Å². The maximum Gasteiger partial charge on any atom is 0.191 e. The van der Waals surface area contributed by atoms with Gasteiger partial charge in [0.25, 0.3) is 0 Å². The average Bonchev–Trinajstić information content (AvgIpc) is 3.17. The zero-order valence-corrected chi connectivity index (χ0v) is 12.6. The summed E-state index contributed by atoms with van der Waals surface area (Å²) in [4.78, 5) is 5.58. The van der Waals surface area contributed by atoms with Crippen LogP contribution in [-0.2, 0) is 6.42 Å². The Bertz CT molecular complexity index is 722. The number of aromatic nitrogens is 3. The Hall–Kier alpha value is -2.34. The molecule has 0 radical (unpaired) electrons. The number of rotatable bonds is 5. The number of benzene rings is 1. The summed E-state index contributed by atoms with van der Waals surface area (Å²) >= 11 is 1.63. The Morgan fingerprint density at radius 1 is 1.14 bits per heavy atom. The highest BCUT2D eigenvalue weighted by Crippen LogP contribution is 2.28. The highest BCUT2D eigenvalue weighted by molar-refractivity contribution is 7.13. The van der Waals surface area contributed by atoms with Crippen LogP contribution in [0, 0.1) is 0 Å². The summed E-state index contributed by atoms with van der Waals surface area (Å²) in [6.07, 6.45) is 0.665. The standard InChI is InChI=1S/C15H15N3O2S/c1-19-11-6-5-10(8-12(11)20-2)9-14-16-15(18-17-14)13-4-3-7-21-13/h3-8H,9H2,1-2H3,(H,16,17,18). The van der Waals surface area contributed by atoms with E-state index in [-0.39, 0.29) is 0 Å². The molecule has 0 aliphatic heterocycles. The van der Waals surface area contributed by atoms with Crippen LogP contribution in [0.3, 0.4) is 0 Å². The quantitative estimate of drug-likeness (QED) is 0.786. The largest absolute Gasteiger partial charge is 0.493 e. The molecular weight excluding hydrogens is 286 g/mol. The molecule has 0 amide bonds. The van der Waals surface area contributed by atoms with Gasteiger partial charge in [-0.15, -0.1) is 11.3 Å². The van der Waals surface area contributed by atoms with E-state index in [4.69, 9.17) is 9.47 Å². The number of methoxy groups -OCH3 is 2. The zero-order valence-electron chi connectivity index (χ0n) is 11.8. The van der Waals surface area contributed by atoms with Crippen LogP contribution in [0.1, 0.15) is 11.4 Å². The van der Waals surface area contributed by atoms with Crippen molar-refractivity contribution in [1.29, 1.82) is 0 Å². The Morgan fingerprint density at radius 2 is 2.00 bits per heavy atom. The minimum Gasteiger partial charge on any atom is -0.493 e. The van der Waals surface area contributed by atoms with E-state index in [1.165, 1.54) is 0 Å². The molecule has 0 aliphatic rings. The Kier molecular flexibility index (Phi) is 3.87. The van der Waals surface area contributed by atoms with Crippen molar-refractivity contribution >= 4 is 11.3 Å². The van der Waals surface area contributed by atoms with Crippen LogP contribution in [0.25, 0.3) is 10.7 Å². The van der Waals surface area contributed by atoms with E-state index in [1.807, 2.05) is 35.7 Å². The first kappa shape index (κ1) is 13.6. The van der Waals surface area contributed by atoms with Crippen LogP contribution in [0.2, 0.25) is 0 Å². The molecule has 0 unspecified atom stereocenters. The highest BCUT2D eigenvalue weighted by atomic mass is 32.1. The number of nitrogens with zero attached hydrogens (tertiary/aromatic N) is 2. The van der Waals surface area contributed by atoms with Gasteiger partial charge >= 0.3 is 0 Å². The van der Waals surface area contributed by atoms with E-state index in [1.54, 1.807) is 25.6 Å². The Morgan fingerprint density at radius 3 is 2.71 bits per heavy atom. The summed E-state index contributed by atoms with van der Waals surface area (Å²) in [6.45, 7) is 0. The van der Waals surface area contributed by atoms with Crippen LogP contribution < -0.4 is 9.47 Å².